The topological polar surface area (TPSA) is 62.0 Å². The Morgan fingerprint density at radius 3 is 2.53 bits per heavy atom. The zero-order chi connectivity index (χ0) is 21.6. The van der Waals surface area contributed by atoms with Gasteiger partial charge in [0.15, 0.2) is 0 Å². The number of halogens is 3. The first-order valence-electron chi connectivity index (χ1n) is 9.14. The molecule has 4 nitrogen and oxygen atoms in total. The van der Waals surface area contributed by atoms with E-state index in [9.17, 15) is 22.8 Å². The Morgan fingerprint density at radius 2 is 1.83 bits per heavy atom. The number of hydrogen-bond acceptors (Lipinski definition) is 3. The Kier molecular flexibility index (Phi) is 4.97. The number of fused-ring (bicyclic) bond motifs is 2. The van der Waals surface area contributed by atoms with Gasteiger partial charge in [0, 0.05) is 9.79 Å². The lowest BCUT2D eigenvalue weighted by Gasteiger charge is -2.30. The molecule has 0 saturated heterocycles. The fourth-order valence-electron chi connectivity index (χ4n) is 3.53. The second kappa shape index (κ2) is 7.36. The monoisotopic (exact) mass is 430 g/mol. The highest BCUT2D eigenvalue weighted by atomic mass is 32.2. The minimum atomic E-state index is -4.69. The van der Waals surface area contributed by atoms with E-state index in [1.807, 2.05) is 50.2 Å². The number of rotatable bonds is 2. The lowest BCUT2D eigenvalue weighted by Crippen LogP contribution is -2.35. The van der Waals surface area contributed by atoms with E-state index in [2.05, 4.69) is 5.32 Å². The van der Waals surface area contributed by atoms with Crippen molar-refractivity contribution in [3.8, 4) is 0 Å². The van der Waals surface area contributed by atoms with Crippen LogP contribution < -0.4 is 10.9 Å². The molecule has 1 aromatic heterocycles. The molecule has 0 bridgehead atoms. The molecule has 2 heterocycles. The highest BCUT2D eigenvalue weighted by molar-refractivity contribution is 7.99. The summed E-state index contributed by atoms with van der Waals surface area (Å²) in [6.07, 6.45) is -4.69. The van der Waals surface area contributed by atoms with Crippen molar-refractivity contribution in [3.05, 3.63) is 92.4 Å². The Morgan fingerprint density at radius 1 is 1.07 bits per heavy atom. The molecule has 1 atom stereocenters. The van der Waals surface area contributed by atoms with E-state index in [1.54, 1.807) is 16.7 Å². The zero-order valence-electron chi connectivity index (χ0n) is 16.1. The van der Waals surface area contributed by atoms with Crippen molar-refractivity contribution in [1.29, 1.82) is 0 Å². The molecule has 4 rings (SSSR count). The number of benzene rings is 2. The van der Waals surface area contributed by atoms with E-state index >= 15 is 0 Å². The summed E-state index contributed by atoms with van der Waals surface area (Å²) < 4.78 is 38.4. The predicted molar refractivity (Wildman–Crippen MR) is 108 cm³/mol. The molecule has 1 aliphatic heterocycles. The summed E-state index contributed by atoms with van der Waals surface area (Å²) in [5.74, 6) is -0.734. The van der Waals surface area contributed by atoms with Gasteiger partial charge in [0.05, 0.1) is 6.04 Å². The highest BCUT2D eigenvalue weighted by Crippen LogP contribution is 2.46. The van der Waals surface area contributed by atoms with Crippen LogP contribution in [0.5, 0.6) is 0 Å². The first kappa shape index (κ1) is 20.3. The number of carbonyl (C=O) groups excluding carboxylic acids is 1. The van der Waals surface area contributed by atoms with Crippen LogP contribution in [0.15, 0.2) is 63.1 Å². The van der Waals surface area contributed by atoms with Crippen molar-refractivity contribution < 1.29 is 18.0 Å². The number of pyridine rings is 1. The number of amides is 1. The minimum Gasteiger partial charge on any atom is -0.341 e. The van der Waals surface area contributed by atoms with Gasteiger partial charge in [-0.3, -0.25) is 9.59 Å². The maximum Gasteiger partial charge on any atom is 0.431 e. The quantitative estimate of drug-likeness (QED) is 0.602. The first-order chi connectivity index (χ1) is 14.1. The van der Waals surface area contributed by atoms with Crippen LogP contribution in [0.1, 0.15) is 44.3 Å². The van der Waals surface area contributed by atoms with Crippen molar-refractivity contribution in [2.45, 2.75) is 35.9 Å². The molecule has 30 heavy (non-hydrogen) atoms. The lowest BCUT2D eigenvalue weighted by molar-refractivity contribution is -0.141. The van der Waals surface area contributed by atoms with Gasteiger partial charge < -0.3 is 10.3 Å². The maximum absolute atomic E-state index is 12.9. The number of carbonyl (C=O) groups is 1. The van der Waals surface area contributed by atoms with Crippen LogP contribution in [0, 0.1) is 13.8 Å². The summed E-state index contributed by atoms with van der Waals surface area (Å²) in [5.41, 5.74) is 1.19. The second-order valence-corrected chi connectivity index (χ2v) is 8.23. The van der Waals surface area contributed by atoms with E-state index in [1.165, 1.54) is 0 Å². The number of nitrogens with one attached hydrogen (secondary N) is 2. The normalized spacial score (nSPS) is 15.3. The molecule has 2 aromatic carbocycles. The largest absolute Gasteiger partial charge is 0.431 e. The summed E-state index contributed by atoms with van der Waals surface area (Å²) >= 11 is 1.60. The summed E-state index contributed by atoms with van der Waals surface area (Å²) in [6, 6.07) is 12.8. The number of aromatic nitrogens is 1. The maximum atomic E-state index is 12.9. The molecular formula is C22H17F3N2O2S. The average Bonchev–Trinajstić information content (AvgIpc) is 2.66. The first-order valence-corrected chi connectivity index (χ1v) is 9.96. The van der Waals surface area contributed by atoms with Crippen molar-refractivity contribution in [2.24, 2.45) is 0 Å². The molecule has 0 radical (unpaired) electrons. The van der Waals surface area contributed by atoms with Gasteiger partial charge in [-0.2, -0.15) is 13.2 Å². The van der Waals surface area contributed by atoms with E-state index in [0.29, 0.717) is 6.07 Å². The van der Waals surface area contributed by atoms with Crippen LogP contribution in [0.2, 0.25) is 0 Å². The SMILES string of the molecule is Cc1ccc2c(c1)Sc1cccc(C)c1C2NC(=O)c1ccc(C(F)(F)F)[nH]c1=O. The van der Waals surface area contributed by atoms with Gasteiger partial charge in [0.2, 0.25) is 0 Å². The number of aryl methyl sites for hydroxylation is 2. The lowest BCUT2D eigenvalue weighted by atomic mass is 9.93. The van der Waals surface area contributed by atoms with E-state index in [0.717, 1.165) is 38.1 Å². The molecule has 3 aromatic rings. The summed E-state index contributed by atoms with van der Waals surface area (Å²) in [4.78, 5) is 28.7. The van der Waals surface area contributed by atoms with Crippen LogP contribution in [0.4, 0.5) is 13.2 Å². The third-order valence-corrected chi connectivity index (χ3v) is 6.16. The van der Waals surface area contributed by atoms with Crippen molar-refractivity contribution in [1.82, 2.24) is 10.3 Å². The third kappa shape index (κ3) is 3.63. The van der Waals surface area contributed by atoms with E-state index in [-0.39, 0.29) is 5.56 Å². The Bertz CT molecular complexity index is 1220. The van der Waals surface area contributed by atoms with Gasteiger partial charge in [-0.1, -0.05) is 36.0 Å². The molecule has 154 valence electrons. The minimum absolute atomic E-state index is 0.370. The average molecular weight is 430 g/mol. The van der Waals surface area contributed by atoms with Crippen LogP contribution in [-0.2, 0) is 6.18 Å². The van der Waals surface area contributed by atoms with Gasteiger partial charge in [0.1, 0.15) is 11.3 Å². The van der Waals surface area contributed by atoms with Gasteiger partial charge in [-0.15, -0.1) is 0 Å². The molecule has 0 spiro atoms. The number of hydrogen-bond donors (Lipinski definition) is 2. The standard InChI is InChI=1S/C22H17F3N2O2S/c1-11-6-7-13-16(10-11)30-15-5-3-4-12(2)18(15)19(13)27-21(29)14-8-9-17(22(23,24)25)26-20(14)28/h3-10,19H,1-2H3,(H,26,28)(H,27,29). The number of aromatic amines is 1. The van der Waals surface area contributed by atoms with Crippen LogP contribution in [0.25, 0.3) is 0 Å². The van der Waals surface area contributed by atoms with Crippen LogP contribution in [0.3, 0.4) is 0 Å². The predicted octanol–water partition coefficient (Wildman–Crippen LogP) is 4.99. The summed E-state index contributed by atoms with van der Waals surface area (Å²) in [6.45, 7) is 3.91. The van der Waals surface area contributed by atoms with Crippen LogP contribution >= 0.6 is 11.8 Å². The van der Waals surface area contributed by atoms with Gasteiger partial charge >= 0.3 is 6.18 Å². The van der Waals surface area contributed by atoms with Crippen molar-refractivity contribution in [3.63, 3.8) is 0 Å². The molecule has 1 aliphatic rings. The fraction of sp³-hybridized carbons (Fsp3) is 0.182. The molecule has 0 fully saturated rings. The van der Waals surface area contributed by atoms with Gasteiger partial charge in [0.25, 0.3) is 11.5 Å². The molecule has 1 unspecified atom stereocenters. The molecule has 1 amide bonds. The fourth-order valence-corrected chi connectivity index (χ4v) is 4.85. The summed E-state index contributed by atoms with van der Waals surface area (Å²) in [5, 5.41) is 2.85. The third-order valence-electron chi connectivity index (χ3n) is 5.01. The Balaban J connectivity index is 1.75. The molecular weight excluding hydrogens is 413 g/mol. The molecule has 2 N–H and O–H groups in total. The summed E-state index contributed by atoms with van der Waals surface area (Å²) in [7, 11) is 0. The molecule has 0 aliphatic carbocycles. The smallest absolute Gasteiger partial charge is 0.341 e. The van der Waals surface area contributed by atoms with Crippen LogP contribution in [-0.4, -0.2) is 10.9 Å². The molecule has 0 saturated carbocycles. The number of H-pyrrole nitrogens is 1. The molecule has 8 heteroatoms. The number of alkyl halides is 3. The van der Waals surface area contributed by atoms with Gasteiger partial charge in [-0.25, -0.2) is 0 Å². The Hall–Kier alpha value is -3.00. The van der Waals surface area contributed by atoms with Gasteiger partial charge in [-0.05, 0) is 60.4 Å². The van der Waals surface area contributed by atoms with E-state index < -0.39 is 29.4 Å². The Labute approximate surface area is 174 Å². The second-order valence-electron chi connectivity index (χ2n) is 7.15. The highest BCUT2D eigenvalue weighted by Gasteiger charge is 2.33. The van der Waals surface area contributed by atoms with Crippen molar-refractivity contribution in [2.75, 3.05) is 0 Å². The zero-order valence-corrected chi connectivity index (χ0v) is 16.9. The van der Waals surface area contributed by atoms with E-state index in [4.69, 9.17) is 0 Å². The van der Waals surface area contributed by atoms with Crippen molar-refractivity contribution >= 4 is 17.7 Å².